The van der Waals surface area contributed by atoms with Gasteiger partial charge >= 0.3 is 0 Å². The number of nitrogens with one attached hydrogen (secondary N) is 2. The van der Waals surface area contributed by atoms with Gasteiger partial charge in [-0.3, -0.25) is 14.6 Å². The lowest BCUT2D eigenvalue weighted by Crippen LogP contribution is -2.46. The number of nitrogens with zero attached hydrogens (tertiary/aromatic N) is 5. The number of amides is 1. The number of nitrogen functional groups attached to an aromatic ring is 1. The number of anilines is 1. The second kappa shape index (κ2) is 7.66. The van der Waals surface area contributed by atoms with Crippen molar-refractivity contribution >= 4 is 33.5 Å². The summed E-state index contributed by atoms with van der Waals surface area (Å²) in [6, 6.07) is 10.3. The minimum absolute atomic E-state index is 0.141. The van der Waals surface area contributed by atoms with Gasteiger partial charge in [0.2, 0.25) is 0 Å². The average Bonchev–Trinajstić information content (AvgIpc) is 3.43. The molecular weight excluding hydrogens is 423 g/mol. The Bertz CT molecular complexity index is 1470. The van der Waals surface area contributed by atoms with Crippen LogP contribution in [-0.4, -0.2) is 41.4 Å². The van der Waals surface area contributed by atoms with Crippen molar-refractivity contribution in [2.24, 2.45) is 0 Å². The monoisotopic (exact) mass is 444 g/mol. The third-order valence-electron chi connectivity index (χ3n) is 5.31. The highest BCUT2D eigenvalue weighted by molar-refractivity contribution is 6.08. The molecule has 5 aromatic rings. The lowest BCUT2D eigenvalue weighted by atomic mass is 10.1. The molecule has 166 valence electrons. The van der Waals surface area contributed by atoms with E-state index in [4.69, 9.17) is 10.8 Å². The van der Waals surface area contributed by atoms with Crippen molar-refractivity contribution in [1.29, 1.82) is 0 Å². The molecule has 0 atom stereocenters. The summed E-state index contributed by atoms with van der Waals surface area (Å²) in [6.07, 6.45) is 4.53. The summed E-state index contributed by atoms with van der Waals surface area (Å²) < 4.78 is 14.8. The molecule has 10 heteroatoms. The van der Waals surface area contributed by atoms with E-state index < -0.39 is 17.3 Å². The summed E-state index contributed by atoms with van der Waals surface area (Å²) in [5.41, 5.74) is 9.01. The second-order valence-corrected chi connectivity index (χ2v) is 8.49. The minimum Gasteiger partial charge on any atom is -0.383 e. The standard InChI is InChI=1S/C23H21FN8O/c1-23(2,29-22(33)18-6-4-14(24)10-26-18)12-32-11-16-20(31-32)15-5-3-13(17-7-8-27-30-17)9-19(15)28-21(16)25/h3-11H,12H2,1-2H3,(H2,25,28)(H,27,30)(H,29,33). The summed E-state index contributed by atoms with van der Waals surface area (Å²) >= 11 is 0. The number of aromatic amines is 1. The van der Waals surface area contributed by atoms with Crippen molar-refractivity contribution in [1.82, 2.24) is 35.3 Å². The fraction of sp³-hybridized carbons (Fsp3) is 0.174. The maximum Gasteiger partial charge on any atom is 0.270 e. The smallest absolute Gasteiger partial charge is 0.270 e. The van der Waals surface area contributed by atoms with E-state index in [1.165, 1.54) is 12.1 Å². The number of halogens is 1. The van der Waals surface area contributed by atoms with Crippen molar-refractivity contribution in [2.45, 2.75) is 25.9 Å². The normalized spacial score (nSPS) is 11.8. The molecule has 1 aromatic carbocycles. The Labute approximate surface area is 187 Å². The van der Waals surface area contributed by atoms with Crippen LogP contribution in [0.5, 0.6) is 0 Å². The molecule has 0 fully saturated rings. The summed E-state index contributed by atoms with van der Waals surface area (Å²) in [4.78, 5) is 20.9. The van der Waals surface area contributed by atoms with Gasteiger partial charge in [0.15, 0.2) is 0 Å². The highest BCUT2D eigenvalue weighted by Gasteiger charge is 2.24. The summed E-state index contributed by atoms with van der Waals surface area (Å²) in [6.45, 7) is 4.12. The zero-order valence-electron chi connectivity index (χ0n) is 18.0. The quantitative estimate of drug-likeness (QED) is 0.382. The van der Waals surface area contributed by atoms with Gasteiger partial charge in [-0.1, -0.05) is 6.07 Å². The van der Waals surface area contributed by atoms with Crippen LogP contribution in [0, 0.1) is 5.82 Å². The number of benzene rings is 1. The Kier molecular flexibility index (Phi) is 4.77. The van der Waals surface area contributed by atoms with Crippen LogP contribution in [0.3, 0.4) is 0 Å². The number of rotatable bonds is 5. The summed E-state index contributed by atoms with van der Waals surface area (Å²) in [7, 11) is 0. The first kappa shape index (κ1) is 20.6. The predicted molar refractivity (Wildman–Crippen MR) is 123 cm³/mol. The molecule has 9 nitrogen and oxygen atoms in total. The largest absolute Gasteiger partial charge is 0.383 e. The van der Waals surface area contributed by atoms with Crippen LogP contribution < -0.4 is 11.1 Å². The number of carbonyl (C=O) groups is 1. The van der Waals surface area contributed by atoms with Gasteiger partial charge in [-0.2, -0.15) is 10.2 Å². The Morgan fingerprint density at radius 2 is 2.06 bits per heavy atom. The van der Waals surface area contributed by atoms with Crippen molar-refractivity contribution in [2.75, 3.05) is 5.73 Å². The maximum absolute atomic E-state index is 13.1. The van der Waals surface area contributed by atoms with E-state index in [0.29, 0.717) is 12.4 Å². The fourth-order valence-electron chi connectivity index (χ4n) is 3.81. The number of pyridine rings is 2. The van der Waals surface area contributed by atoms with E-state index in [2.05, 4.69) is 25.5 Å². The van der Waals surface area contributed by atoms with Gasteiger partial charge in [0.05, 0.1) is 34.9 Å². The van der Waals surface area contributed by atoms with Gasteiger partial charge in [-0.05, 0) is 44.2 Å². The van der Waals surface area contributed by atoms with Crippen LogP contribution in [0.15, 0.2) is 55.0 Å². The molecule has 0 saturated heterocycles. The molecule has 0 aliphatic rings. The molecule has 1 amide bonds. The van der Waals surface area contributed by atoms with E-state index in [1.807, 2.05) is 44.3 Å². The molecule has 33 heavy (non-hydrogen) atoms. The van der Waals surface area contributed by atoms with Crippen molar-refractivity contribution in [3.63, 3.8) is 0 Å². The fourth-order valence-corrected chi connectivity index (χ4v) is 3.81. The first-order valence-electron chi connectivity index (χ1n) is 10.3. The zero-order valence-corrected chi connectivity index (χ0v) is 18.0. The molecule has 0 radical (unpaired) electrons. The molecule has 4 N–H and O–H groups in total. The van der Waals surface area contributed by atoms with Crippen LogP contribution in [0.4, 0.5) is 10.2 Å². The van der Waals surface area contributed by atoms with E-state index >= 15 is 0 Å². The molecule has 0 spiro atoms. The van der Waals surface area contributed by atoms with E-state index in [1.54, 1.807) is 10.9 Å². The first-order valence-corrected chi connectivity index (χ1v) is 10.3. The summed E-state index contributed by atoms with van der Waals surface area (Å²) in [5.74, 6) is -0.512. The highest BCUT2D eigenvalue weighted by Crippen LogP contribution is 2.30. The number of nitrogens with two attached hydrogens (primary N) is 1. The van der Waals surface area contributed by atoms with Crippen molar-refractivity contribution in [3.05, 3.63) is 66.5 Å². The third kappa shape index (κ3) is 3.98. The molecule has 0 unspecified atom stereocenters. The van der Waals surface area contributed by atoms with Crippen LogP contribution in [0.1, 0.15) is 24.3 Å². The molecule has 5 rings (SSSR count). The van der Waals surface area contributed by atoms with Gasteiger partial charge in [-0.25, -0.2) is 14.4 Å². The average molecular weight is 444 g/mol. The molecule has 4 heterocycles. The van der Waals surface area contributed by atoms with Crippen LogP contribution in [-0.2, 0) is 6.54 Å². The molecule has 4 aromatic heterocycles. The second-order valence-electron chi connectivity index (χ2n) is 8.49. The van der Waals surface area contributed by atoms with Crippen LogP contribution >= 0.6 is 0 Å². The Morgan fingerprint density at radius 3 is 2.79 bits per heavy atom. The predicted octanol–water partition coefficient (Wildman–Crippen LogP) is 3.30. The third-order valence-corrected chi connectivity index (χ3v) is 5.31. The van der Waals surface area contributed by atoms with Crippen LogP contribution in [0.2, 0.25) is 0 Å². The van der Waals surface area contributed by atoms with Gasteiger partial charge < -0.3 is 11.1 Å². The van der Waals surface area contributed by atoms with Gasteiger partial charge in [0, 0.05) is 23.3 Å². The first-order chi connectivity index (χ1) is 15.8. The number of hydrogen-bond donors (Lipinski definition) is 3. The van der Waals surface area contributed by atoms with E-state index in [-0.39, 0.29) is 5.69 Å². The zero-order chi connectivity index (χ0) is 23.2. The van der Waals surface area contributed by atoms with Crippen molar-refractivity contribution < 1.29 is 9.18 Å². The number of H-pyrrole nitrogens is 1. The Morgan fingerprint density at radius 1 is 1.21 bits per heavy atom. The van der Waals surface area contributed by atoms with E-state index in [0.717, 1.165) is 39.3 Å². The molecule has 0 bridgehead atoms. The lowest BCUT2D eigenvalue weighted by molar-refractivity contribution is 0.0898. The number of aromatic nitrogens is 6. The molecule has 0 aliphatic heterocycles. The maximum atomic E-state index is 13.1. The minimum atomic E-state index is -0.666. The highest BCUT2D eigenvalue weighted by atomic mass is 19.1. The summed E-state index contributed by atoms with van der Waals surface area (Å²) in [5, 5.41) is 16.2. The topological polar surface area (TPSA) is 127 Å². The van der Waals surface area contributed by atoms with Gasteiger partial charge in [0.1, 0.15) is 22.8 Å². The number of fused-ring (bicyclic) bond motifs is 3. The molecule has 0 saturated carbocycles. The Hall–Kier alpha value is -4.34. The van der Waals surface area contributed by atoms with Crippen molar-refractivity contribution in [3.8, 4) is 11.3 Å². The van der Waals surface area contributed by atoms with Gasteiger partial charge in [0.25, 0.3) is 5.91 Å². The number of hydrogen-bond acceptors (Lipinski definition) is 6. The lowest BCUT2D eigenvalue weighted by Gasteiger charge is -2.26. The van der Waals surface area contributed by atoms with Gasteiger partial charge in [-0.15, -0.1) is 0 Å². The number of carbonyl (C=O) groups excluding carboxylic acids is 1. The molecule has 0 aliphatic carbocycles. The van der Waals surface area contributed by atoms with E-state index in [9.17, 15) is 9.18 Å². The Balaban J connectivity index is 1.44. The SMILES string of the molecule is CC(C)(Cn1cc2c(N)nc3cc(-c4ccn[nH]4)ccc3c2n1)NC(=O)c1ccc(F)cn1. The molecular formula is C23H21FN8O. The van der Waals surface area contributed by atoms with Crippen LogP contribution in [0.25, 0.3) is 33.1 Å².